The Morgan fingerprint density at radius 3 is 2.62 bits per heavy atom. The van der Waals surface area contributed by atoms with Gasteiger partial charge in [-0.2, -0.15) is 5.26 Å². The number of nitrogens with zero attached hydrogens (tertiary/aromatic N) is 1. The summed E-state index contributed by atoms with van der Waals surface area (Å²) in [4.78, 5) is 11.8. The van der Waals surface area contributed by atoms with Crippen LogP contribution in [0.1, 0.15) is 46.5 Å². The summed E-state index contributed by atoms with van der Waals surface area (Å²) in [6, 6.07) is 1.91. The van der Waals surface area contributed by atoms with Crippen molar-refractivity contribution in [3.8, 4) is 6.07 Å². The van der Waals surface area contributed by atoms with Crippen molar-refractivity contribution in [3.63, 3.8) is 0 Å². The first kappa shape index (κ1) is 19.5. The standard InChI is InChI=1S/C16H29N3O2/c1-4-5-10-21-11-6-8-19-16(20)15(12-17)13-18-9-7-14(2)3/h13-14,18H,4-11H2,1-3H3,(H,19,20)/b15-13-. The molecule has 0 saturated carbocycles. The normalized spacial score (nSPS) is 11.3. The first-order valence-corrected chi connectivity index (χ1v) is 7.81. The minimum Gasteiger partial charge on any atom is -0.390 e. The Balaban J connectivity index is 3.79. The fraction of sp³-hybridized carbons (Fsp3) is 0.750. The monoisotopic (exact) mass is 295 g/mol. The molecule has 0 aromatic carbocycles. The van der Waals surface area contributed by atoms with Crippen molar-refractivity contribution in [1.29, 1.82) is 5.26 Å². The molecule has 0 radical (unpaired) electrons. The van der Waals surface area contributed by atoms with E-state index in [9.17, 15) is 4.79 Å². The van der Waals surface area contributed by atoms with Crippen LogP contribution in [0.15, 0.2) is 11.8 Å². The van der Waals surface area contributed by atoms with Gasteiger partial charge in [0.2, 0.25) is 0 Å². The molecule has 5 heteroatoms. The Labute approximate surface area is 128 Å². The lowest BCUT2D eigenvalue weighted by Gasteiger charge is -2.07. The number of carbonyl (C=O) groups excluding carboxylic acids is 1. The number of nitriles is 1. The molecule has 21 heavy (non-hydrogen) atoms. The van der Waals surface area contributed by atoms with Gasteiger partial charge in [-0.3, -0.25) is 4.79 Å². The summed E-state index contributed by atoms with van der Waals surface area (Å²) in [5.41, 5.74) is 0.116. The van der Waals surface area contributed by atoms with Gasteiger partial charge in [0.15, 0.2) is 0 Å². The lowest BCUT2D eigenvalue weighted by molar-refractivity contribution is -0.117. The molecular formula is C16H29N3O2. The van der Waals surface area contributed by atoms with Crippen LogP contribution in [0.5, 0.6) is 0 Å². The van der Waals surface area contributed by atoms with Crippen molar-refractivity contribution in [3.05, 3.63) is 11.8 Å². The molecule has 0 aromatic heterocycles. The molecule has 0 atom stereocenters. The van der Waals surface area contributed by atoms with Gasteiger partial charge in [0.25, 0.3) is 5.91 Å². The maximum Gasteiger partial charge on any atom is 0.263 e. The lowest BCUT2D eigenvalue weighted by atomic mass is 10.1. The molecule has 5 nitrogen and oxygen atoms in total. The average Bonchev–Trinajstić information content (AvgIpc) is 2.46. The lowest BCUT2D eigenvalue weighted by Crippen LogP contribution is -2.27. The second-order valence-corrected chi connectivity index (χ2v) is 5.38. The van der Waals surface area contributed by atoms with E-state index in [1.807, 2.05) is 6.07 Å². The molecule has 2 N–H and O–H groups in total. The van der Waals surface area contributed by atoms with Crippen LogP contribution in [-0.2, 0) is 9.53 Å². The maximum absolute atomic E-state index is 11.8. The number of hydrogen-bond donors (Lipinski definition) is 2. The van der Waals surface area contributed by atoms with Crippen LogP contribution in [0.2, 0.25) is 0 Å². The summed E-state index contributed by atoms with van der Waals surface area (Å²) in [7, 11) is 0. The molecule has 1 amide bonds. The quantitative estimate of drug-likeness (QED) is 0.329. The molecule has 0 spiro atoms. The largest absolute Gasteiger partial charge is 0.390 e. The Hall–Kier alpha value is -1.54. The van der Waals surface area contributed by atoms with Crippen molar-refractivity contribution in [2.24, 2.45) is 5.92 Å². The van der Waals surface area contributed by atoms with Crippen LogP contribution in [0.25, 0.3) is 0 Å². The number of nitrogens with one attached hydrogen (secondary N) is 2. The highest BCUT2D eigenvalue weighted by Crippen LogP contribution is 1.97. The third-order valence-electron chi connectivity index (χ3n) is 2.87. The second-order valence-electron chi connectivity index (χ2n) is 5.38. The molecule has 0 aliphatic heterocycles. The summed E-state index contributed by atoms with van der Waals surface area (Å²) < 4.78 is 5.40. The number of hydrogen-bond acceptors (Lipinski definition) is 4. The van der Waals surface area contributed by atoms with E-state index in [2.05, 4.69) is 31.4 Å². The van der Waals surface area contributed by atoms with Gasteiger partial charge in [0.05, 0.1) is 0 Å². The van der Waals surface area contributed by atoms with Crippen molar-refractivity contribution < 1.29 is 9.53 Å². The van der Waals surface area contributed by atoms with E-state index in [1.165, 1.54) is 6.20 Å². The second kappa shape index (κ2) is 13.4. The Bertz CT molecular complexity index is 346. The van der Waals surface area contributed by atoms with E-state index >= 15 is 0 Å². The number of rotatable bonds is 12. The van der Waals surface area contributed by atoms with Gasteiger partial charge in [-0.25, -0.2) is 0 Å². The molecule has 0 unspecified atom stereocenters. The van der Waals surface area contributed by atoms with E-state index in [0.29, 0.717) is 19.1 Å². The predicted octanol–water partition coefficient (Wildman–Crippen LogP) is 2.35. The number of carbonyl (C=O) groups is 1. The molecule has 0 rings (SSSR count). The molecule has 0 aromatic rings. The molecule has 0 bridgehead atoms. The zero-order valence-electron chi connectivity index (χ0n) is 13.6. The highest BCUT2D eigenvalue weighted by atomic mass is 16.5. The van der Waals surface area contributed by atoms with Crippen molar-refractivity contribution in [1.82, 2.24) is 10.6 Å². The highest BCUT2D eigenvalue weighted by Gasteiger charge is 2.07. The SMILES string of the molecule is CCCCOCCCNC(=O)/C(C#N)=C\NCCC(C)C. The van der Waals surface area contributed by atoms with Gasteiger partial charge in [-0.15, -0.1) is 0 Å². The zero-order chi connectivity index (χ0) is 15.9. The first-order chi connectivity index (χ1) is 10.1. The summed E-state index contributed by atoms with van der Waals surface area (Å²) in [5.74, 6) is 0.265. The van der Waals surface area contributed by atoms with E-state index in [-0.39, 0.29) is 11.5 Å². The topological polar surface area (TPSA) is 74.1 Å². The van der Waals surface area contributed by atoms with E-state index in [0.717, 1.165) is 38.8 Å². The molecular weight excluding hydrogens is 266 g/mol. The van der Waals surface area contributed by atoms with Crippen molar-refractivity contribution in [2.45, 2.75) is 46.5 Å². The van der Waals surface area contributed by atoms with Crippen molar-refractivity contribution >= 4 is 5.91 Å². The third-order valence-corrected chi connectivity index (χ3v) is 2.87. The van der Waals surface area contributed by atoms with Gasteiger partial charge >= 0.3 is 0 Å². The van der Waals surface area contributed by atoms with Gasteiger partial charge in [0.1, 0.15) is 11.6 Å². The summed E-state index contributed by atoms with van der Waals surface area (Å²) in [6.45, 7) is 9.08. The zero-order valence-corrected chi connectivity index (χ0v) is 13.6. The minimum absolute atomic E-state index is 0.116. The molecule has 0 heterocycles. The van der Waals surface area contributed by atoms with Gasteiger partial charge < -0.3 is 15.4 Å². The van der Waals surface area contributed by atoms with Crippen LogP contribution < -0.4 is 10.6 Å². The summed E-state index contributed by atoms with van der Waals surface area (Å²) >= 11 is 0. The fourth-order valence-electron chi connectivity index (χ4n) is 1.51. The summed E-state index contributed by atoms with van der Waals surface area (Å²) in [5, 5.41) is 14.7. The minimum atomic E-state index is -0.330. The predicted molar refractivity (Wildman–Crippen MR) is 84.5 cm³/mol. The van der Waals surface area contributed by atoms with Crippen LogP contribution >= 0.6 is 0 Å². The number of ether oxygens (including phenoxy) is 1. The van der Waals surface area contributed by atoms with Gasteiger partial charge in [0, 0.05) is 32.5 Å². The molecule has 0 aliphatic rings. The molecule has 120 valence electrons. The molecule has 0 saturated heterocycles. The first-order valence-electron chi connectivity index (χ1n) is 7.81. The number of amides is 1. The van der Waals surface area contributed by atoms with Crippen LogP contribution in [0.4, 0.5) is 0 Å². The van der Waals surface area contributed by atoms with Crippen LogP contribution in [0.3, 0.4) is 0 Å². The molecule has 0 aliphatic carbocycles. The Morgan fingerprint density at radius 1 is 1.29 bits per heavy atom. The third kappa shape index (κ3) is 11.9. The Kier molecular flexibility index (Phi) is 12.5. The van der Waals surface area contributed by atoms with Crippen LogP contribution in [0, 0.1) is 17.2 Å². The average molecular weight is 295 g/mol. The van der Waals surface area contributed by atoms with Crippen LogP contribution in [-0.4, -0.2) is 32.2 Å². The van der Waals surface area contributed by atoms with Crippen molar-refractivity contribution in [2.75, 3.05) is 26.3 Å². The fourth-order valence-corrected chi connectivity index (χ4v) is 1.51. The smallest absolute Gasteiger partial charge is 0.263 e. The highest BCUT2D eigenvalue weighted by molar-refractivity contribution is 5.97. The molecule has 0 fully saturated rings. The summed E-state index contributed by atoms with van der Waals surface area (Å²) in [6.07, 6.45) is 5.45. The maximum atomic E-state index is 11.8. The van der Waals surface area contributed by atoms with E-state index < -0.39 is 0 Å². The van der Waals surface area contributed by atoms with Gasteiger partial charge in [-0.1, -0.05) is 27.2 Å². The Morgan fingerprint density at radius 2 is 2.00 bits per heavy atom. The van der Waals surface area contributed by atoms with E-state index in [1.54, 1.807) is 0 Å². The van der Waals surface area contributed by atoms with Gasteiger partial charge in [-0.05, 0) is 25.2 Å². The van der Waals surface area contributed by atoms with E-state index in [4.69, 9.17) is 10.00 Å². The number of unbranched alkanes of at least 4 members (excludes halogenated alkanes) is 1.